The Labute approximate surface area is 189 Å². The van der Waals surface area contributed by atoms with Gasteiger partial charge in [0.1, 0.15) is 0 Å². The van der Waals surface area contributed by atoms with E-state index in [-0.39, 0.29) is 5.91 Å². The summed E-state index contributed by atoms with van der Waals surface area (Å²) in [5, 5.41) is 0. The molecule has 2 aromatic carbocycles. The van der Waals surface area contributed by atoms with Crippen LogP contribution in [0.5, 0.6) is 0 Å². The minimum atomic E-state index is -2.48. The molecule has 0 atom stereocenters. The third-order valence-corrected chi connectivity index (χ3v) is 21.3. The zero-order chi connectivity index (χ0) is 21.7. The maximum atomic E-state index is 13.6. The number of hydrogen-bond acceptors (Lipinski definition) is 1. The van der Waals surface area contributed by atoms with E-state index in [0.29, 0.717) is 0 Å². The van der Waals surface area contributed by atoms with Crippen molar-refractivity contribution >= 4 is 24.3 Å². The van der Waals surface area contributed by atoms with Gasteiger partial charge >= 0.3 is 189 Å². The average Bonchev–Trinajstić information content (AvgIpc) is 2.80. The van der Waals surface area contributed by atoms with Crippen LogP contribution < -0.4 is 0 Å². The fourth-order valence-corrected chi connectivity index (χ4v) is 20.4. The van der Waals surface area contributed by atoms with Crippen LogP contribution in [0.1, 0.15) is 75.2 Å². The van der Waals surface area contributed by atoms with Gasteiger partial charge in [0.25, 0.3) is 0 Å². The van der Waals surface area contributed by atoms with E-state index in [9.17, 15) is 4.79 Å². The van der Waals surface area contributed by atoms with Crippen LogP contribution in [0.2, 0.25) is 13.3 Å². The first kappa shape index (κ1) is 25.0. The van der Waals surface area contributed by atoms with Crippen LogP contribution in [0.4, 0.5) is 0 Å². The molecular weight excluding hydrogens is 473 g/mol. The number of hydrogen-bond donors (Lipinski definition) is 0. The summed E-state index contributed by atoms with van der Waals surface area (Å²) in [6, 6.07) is 20.4. The maximum absolute atomic E-state index is 13.6. The zero-order valence-corrected chi connectivity index (χ0v) is 22.3. The third-order valence-electron chi connectivity index (χ3n) is 6.23. The summed E-state index contributed by atoms with van der Waals surface area (Å²) in [6.45, 7) is 7.67. The van der Waals surface area contributed by atoms with Crippen molar-refractivity contribution in [1.82, 2.24) is 4.90 Å². The van der Waals surface area contributed by atoms with Crippen LogP contribution in [0.3, 0.4) is 0 Å². The van der Waals surface area contributed by atoms with Crippen molar-refractivity contribution in [3.63, 3.8) is 0 Å². The van der Waals surface area contributed by atoms with E-state index in [1.165, 1.54) is 57.4 Å². The Kier molecular flexibility index (Phi) is 11.6. The van der Waals surface area contributed by atoms with Crippen LogP contribution in [0.15, 0.2) is 60.7 Å². The van der Waals surface area contributed by atoms with Crippen LogP contribution in [-0.4, -0.2) is 33.7 Å². The molecule has 0 unspecified atom stereocenters. The normalized spacial score (nSPS) is 11.4. The topological polar surface area (TPSA) is 20.3 Å². The Morgan fingerprint density at radius 2 is 1.20 bits per heavy atom. The molecule has 0 spiro atoms. The molecule has 0 N–H and O–H groups in total. The molecule has 2 aromatic rings. The Balaban J connectivity index is 2.34. The SMILES string of the molecule is CCC[CH2][Sn]([CH2]CCC)([CH2]CCC)[CH2]N(Cc1ccccc1)C(=O)c1ccccc1. The molecule has 0 aromatic heterocycles. The van der Waals surface area contributed by atoms with Gasteiger partial charge in [-0.3, -0.25) is 0 Å². The van der Waals surface area contributed by atoms with Crippen LogP contribution in [0, 0.1) is 0 Å². The van der Waals surface area contributed by atoms with E-state index >= 15 is 0 Å². The molecule has 2 nitrogen and oxygen atoms in total. The molecule has 0 aliphatic heterocycles. The van der Waals surface area contributed by atoms with E-state index in [1.807, 2.05) is 30.3 Å². The van der Waals surface area contributed by atoms with Gasteiger partial charge in [-0.1, -0.05) is 0 Å². The summed E-state index contributed by atoms with van der Waals surface area (Å²) in [6.07, 6.45) is 7.80. The summed E-state index contributed by atoms with van der Waals surface area (Å²) in [4.78, 5) is 15.8. The molecule has 30 heavy (non-hydrogen) atoms. The molecule has 2 rings (SSSR count). The first-order valence-corrected chi connectivity index (χ1v) is 20.1. The van der Waals surface area contributed by atoms with Crippen molar-refractivity contribution in [2.45, 2.75) is 79.2 Å². The van der Waals surface area contributed by atoms with Gasteiger partial charge in [0.05, 0.1) is 0 Å². The average molecular weight is 514 g/mol. The van der Waals surface area contributed by atoms with E-state index in [0.717, 1.165) is 16.7 Å². The van der Waals surface area contributed by atoms with E-state index in [2.05, 4.69) is 56.0 Å². The molecule has 0 fully saturated rings. The molecule has 0 bridgehead atoms. The van der Waals surface area contributed by atoms with Gasteiger partial charge in [-0.2, -0.15) is 0 Å². The number of nitrogens with zero attached hydrogens (tertiary/aromatic N) is 1. The van der Waals surface area contributed by atoms with Crippen LogP contribution >= 0.6 is 0 Å². The molecule has 0 saturated heterocycles. The molecule has 3 heteroatoms. The van der Waals surface area contributed by atoms with Crippen LogP contribution in [-0.2, 0) is 6.54 Å². The molecule has 0 heterocycles. The second-order valence-electron chi connectivity index (χ2n) is 8.82. The predicted molar refractivity (Wildman–Crippen MR) is 133 cm³/mol. The summed E-state index contributed by atoms with van der Waals surface area (Å²) >= 11 is -2.48. The quantitative estimate of drug-likeness (QED) is 0.237. The molecule has 164 valence electrons. The molecule has 0 aliphatic rings. The third kappa shape index (κ3) is 8.09. The van der Waals surface area contributed by atoms with Crippen molar-refractivity contribution in [2.24, 2.45) is 0 Å². The van der Waals surface area contributed by atoms with E-state index < -0.39 is 18.4 Å². The van der Waals surface area contributed by atoms with Crippen molar-refractivity contribution < 1.29 is 4.79 Å². The Hall–Kier alpha value is -1.29. The van der Waals surface area contributed by atoms with Gasteiger partial charge in [0.2, 0.25) is 0 Å². The van der Waals surface area contributed by atoms with Crippen molar-refractivity contribution in [2.75, 3.05) is 4.56 Å². The number of carbonyl (C=O) groups is 1. The first-order valence-electron chi connectivity index (χ1n) is 12.0. The number of unbranched alkanes of at least 4 members (excludes halogenated alkanes) is 3. The van der Waals surface area contributed by atoms with Gasteiger partial charge in [-0.15, -0.1) is 0 Å². The Bertz CT molecular complexity index is 694. The molecule has 0 saturated carbocycles. The molecule has 0 radical (unpaired) electrons. The predicted octanol–water partition coefficient (Wildman–Crippen LogP) is 7.72. The van der Waals surface area contributed by atoms with Gasteiger partial charge in [0.15, 0.2) is 0 Å². The van der Waals surface area contributed by atoms with E-state index in [1.54, 1.807) is 0 Å². The fraction of sp³-hybridized carbons (Fsp3) is 0.519. The van der Waals surface area contributed by atoms with E-state index in [4.69, 9.17) is 0 Å². The van der Waals surface area contributed by atoms with Crippen molar-refractivity contribution in [1.29, 1.82) is 0 Å². The van der Waals surface area contributed by atoms with Crippen molar-refractivity contribution in [3.8, 4) is 0 Å². The summed E-state index contributed by atoms with van der Waals surface area (Å²) in [5.74, 6) is 0.213. The Morgan fingerprint density at radius 3 is 1.67 bits per heavy atom. The van der Waals surface area contributed by atoms with Crippen molar-refractivity contribution in [3.05, 3.63) is 71.8 Å². The second-order valence-corrected chi connectivity index (χ2v) is 22.6. The number of amides is 1. The minimum absolute atomic E-state index is 0.213. The van der Waals surface area contributed by atoms with Gasteiger partial charge in [0, 0.05) is 0 Å². The first-order chi connectivity index (χ1) is 14.6. The van der Waals surface area contributed by atoms with Gasteiger partial charge in [-0.05, 0) is 0 Å². The van der Waals surface area contributed by atoms with Gasteiger partial charge in [-0.25, -0.2) is 0 Å². The molecule has 0 aliphatic carbocycles. The molecular formula is C27H41NOSn. The summed E-state index contributed by atoms with van der Waals surface area (Å²) < 4.78 is 5.35. The number of rotatable bonds is 14. The Morgan fingerprint density at radius 1 is 0.733 bits per heavy atom. The number of benzene rings is 2. The zero-order valence-electron chi connectivity index (χ0n) is 19.4. The summed E-state index contributed by atoms with van der Waals surface area (Å²) in [7, 11) is 0. The molecule has 1 amide bonds. The number of carbonyl (C=O) groups excluding carboxylic acids is 1. The van der Waals surface area contributed by atoms with Crippen LogP contribution in [0.25, 0.3) is 0 Å². The summed E-state index contributed by atoms with van der Waals surface area (Å²) in [5.41, 5.74) is 2.07. The fourth-order valence-electron chi connectivity index (χ4n) is 4.44. The standard InChI is InChI=1S/C15H14NO.3C4H9.Sn/c1-16(12-13-8-4-2-5-9-13)15(17)14-10-6-3-7-11-14;3*1-3-4-2;/h2-11H,1,12H2;3*1,3-4H2,2H3;. The van der Waals surface area contributed by atoms with Gasteiger partial charge < -0.3 is 0 Å². The second kappa shape index (κ2) is 13.9. The monoisotopic (exact) mass is 515 g/mol.